The van der Waals surface area contributed by atoms with E-state index in [1.54, 1.807) is 54.6 Å². The van der Waals surface area contributed by atoms with Gasteiger partial charge in [-0.1, -0.05) is 54.1 Å². The number of esters is 1. The van der Waals surface area contributed by atoms with Crippen LogP contribution in [-0.4, -0.2) is 26.9 Å². The zero-order chi connectivity index (χ0) is 24.2. The summed E-state index contributed by atoms with van der Waals surface area (Å²) in [5.74, 6) is -0.961. The van der Waals surface area contributed by atoms with Crippen LogP contribution in [0.1, 0.15) is 21.5 Å². The van der Waals surface area contributed by atoms with E-state index >= 15 is 0 Å². The molecule has 0 unspecified atom stereocenters. The van der Waals surface area contributed by atoms with Crippen LogP contribution >= 0.6 is 23.4 Å². The van der Waals surface area contributed by atoms with E-state index in [9.17, 15) is 24.5 Å². The highest BCUT2D eigenvalue weighted by Crippen LogP contribution is 2.35. The van der Waals surface area contributed by atoms with E-state index in [0.717, 1.165) is 16.7 Å². The summed E-state index contributed by atoms with van der Waals surface area (Å²) < 4.78 is 5.38. The number of para-hydroxylation sites is 1. The van der Waals surface area contributed by atoms with E-state index in [1.807, 2.05) is 0 Å². The van der Waals surface area contributed by atoms with E-state index in [2.05, 4.69) is 0 Å². The van der Waals surface area contributed by atoms with Gasteiger partial charge in [-0.25, -0.2) is 4.79 Å². The topological polar surface area (TPSA) is 107 Å². The van der Waals surface area contributed by atoms with Crippen molar-refractivity contribution in [2.45, 2.75) is 6.54 Å². The Balaban J connectivity index is 1.52. The van der Waals surface area contributed by atoms with Crippen LogP contribution in [0.25, 0.3) is 6.08 Å². The average molecular weight is 495 g/mol. The Bertz CT molecular complexity index is 1360. The Kier molecular flexibility index (Phi) is 6.76. The van der Waals surface area contributed by atoms with Crippen molar-refractivity contribution in [3.05, 3.63) is 110 Å². The fourth-order valence-corrected chi connectivity index (χ4v) is 4.29. The lowest BCUT2D eigenvalue weighted by molar-refractivity contribution is -0.385. The fraction of sp³-hybridized carbons (Fsp3) is 0.0417. The van der Waals surface area contributed by atoms with Gasteiger partial charge in [0.1, 0.15) is 5.75 Å². The number of nitro groups is 1. The first-order chi connectivity index (χ1) is 16.3. The van der Waals surface area contributed by atoms with Crippen LogP contribution in [0.2, 0.25) is 5.02 Å². The van der Waals surface area contributed by atoms with Gasteiger partial charge in [-0.3, -0.25) is 24.6 Å². The van der Waals surface area contributed by atoms with E-state index < -0.39 is 22.0 Å². The fourth-order valence-electron chi connectivity index (χ4n) is 3.24. The summed E-state index contributed by atoms with van der Waals surface area (Å²) in [6, 6.07) is 18.9. The molecule has 3 aromatic carbocycles. The van der Waals surface area contributed by atoms with Gasteiger partial charge in [0.15, 0.2) is 0 Å². The molecule has 0 N–H and O–H groups in total. The number of amides is 2. The van der Waals surface area contributed by atoms with Crippen LogP contribution < -0.4 is 4.74 Å². The number of rotatable bonds is 6. The van der Waals surface area contributed by atoms with Crippen molar-refractivity contribution in [2.24, 2.45) is 0 Å². The normalized spacial score (nSPS) is 14.5. The van der Waals surface area contributed by atoms with Crippen LogP contribution in [0.5, 0.6) is 5.75 Å². The number of halogens is 1. The Labute approximate surface area is 202 Å². The maximum Gasteiger partial charge on any atom is 0.345 e. The molecule has 1 aliphatic heterocycles. The molecule has 8 nitrogen and oxygen atoms in total. The molecular formula is C24H15ClN2O6S. The lowest BCUT2D eigenvalue weighted by atomic mass is 10.1. The Morgan fingerprint density at radius 1 is 1.06 bits per heavy atom. The van der Waals surface area contributed by atoms with E-state index in [0.29, 0.717) is 5.56 Å². The number of nitrogens with zero attached hydrogens (tertiary/aromatic N) is 2. The number of carbonyl (C=O) groups is 3. The molecule has 10 heteroatoms. The highest BCUT2D eigenvalue weighted by molar-refractivity contribution is 8.18. The molecule has 1 saturated heterocycles. The van der Waals surface area contributed by atoms with Gasteiger partial charge in [0.25, 0.3) is 16.8 Å². The van der Waals surface area contributed by atoms with E-state index in [4.69, 9.17) is 16.3 Å². The molecule has 0 radical (unpaired) electrons. The van der Waals surface area contributed by atoms with Gasteiger partial charge in [-0.05, 0) is 47.7 Å². The highest BCUT2D eigenvalue weighted by atomic mass is 35.5. The van der Waals surface area contributed by atoms with Crippen molar-refractivity contribution in [1.29, 1.82) is 0 Å². The van der Waals surface area contributed by atoms with E-state index in [1.165, 1.54) is 24.3 Å². The van der Waals surface area contributed by atoms with Crippen molar-refractivity contribution in [3.8, 4) is 5.75 Å². The Hall–Kier alpha value is -3.95. The second-order valence-electron chi connectivity index (χ2n) is 7.10. The first-order valence-corrected chi connectivity index (χ1v) is 11.1. The third-order valence-electron chi connectivity index (χ3n) is 4.85. The Morgan fingerprint density at radius 3 is 2.56 bits per heavy atom. The zero-order valence-electron chi connectivity index (χ0n) is 17.3. The van der Waals surface area contributed by atoms with Crippen LogP contribution in [0.4, 0.5) is 10.5 Å². The van der Waals surface area contributed by atoms with E-state index in [-0.39, 0.29) is 39.0 Å². The summed E-state index contributed by atoms with van der Waals surface area (Å²) in [6.45, 7) is -0.214. The predicted octanol–water partition coefficient (Wildman–Crippen LogP) is 5.70. The number of benzene rings is 3. The van der Waals surface area contributed by atoms with Crippen LogP contribution in [0.15, 0.2) is 77.7 Å². The second-order valence-corrected chi connectivity index (χ2v) is 8.50. The second kappa shape index (κ2) is 9.90. The maximum absolute atomic E-state index is 12.8. The molecule has 34 heavy (non-hydrogen) atoms. The van der Waals surface area contributed by atoms with Crippen molar-refractivity contribution >= 4 is 52.2 Å². The number of nitro benzene ring substituents is 1. The first kappa shape index (κ1) is 23.2. The van der Waals surface area contributed by atoms with Crippen molar-refractivity contribution in [2.75, 3.05) is 0 Å². The summed E-state index contributed by atoms with van der Waals surface area (Å²) in [4.78, 5) is 49.5. The quantitative estimate of drug-likeness (QED) is 0.142. The third-order valence-corrected chi connectivity index (χ3v) is 6.09. The van der Waals surface area contributed by atoms with Crippen molar-refractivity contribution in [1.82, 2.24) is 4.90 Å². The van der Waals surface area contributed by atoms with Crippen molar-refractivity contribution in [3.63, 3.8) is 0 Å². The smallest absolute Gasteiger partial charge is 0.345 e. The third kappa shape index (κ3) is 5.00. The zero-order valence-corrected chi connectivity index (χ0v) is 18.9. The van der Waals surface area contributed by atoms with Gasteiger partial charge in [0.2, 0.25) is 0 Å². The summed E-state index contributed by atoms with van der Waals surface area (Å²) in [7, 11) is 0. The van der Waals surface area contributed by atoms with Gasteiger partial charge in [-0.2, -0.15) is 0 Å². The number of ether oxygens (including phenoxy) is 1. The SMILES string of the molecule is O=C(Oc1cccc(/C=C2\SC(=O)N(Cc3ccccc3[N+](=O)[O-])C2=O)c1)c1ccccc1Cl. The van der Waals surface area contributed by atoms with Crippen LogP contribution in [-0.2, 0) is 11.3 Å². The molecule has 0 atom stereocenters. The molecule has 0 saturated carbocycles. The summed E-state index contributed by atoms with van der Waals surface area (Å²) >= 11 is 6.77. The van der Waals surface area contributed by atoms with Crippen LogP contribution in [0, 0.1) is 10.1 Å². The van der Waals surface area contributed by atoms with Gasteiger partial charge in [0.05, 0.1) is 27.0 Å². The molecule has 0 bridgehead atoms. The molecule has 0 aromatic heterocycles. The molecule has 170 valence electrons. The number of imide groups is 1. The molecule has 4 rings (SSSR count). The minimum Gasteiger partial charge on any atom is -0.423 e. The lowest BCUT2D eigenvalue weighted by Gasteiger charge is -2.12. The number of hydrogen-bond donors (Lipinski definition) is 0. The minimum absolute atomic E-state index is 0.151. The molecule has 1 aliphatic rings. The van der Waals surface area contributed by atoms with Crippen molar-refractivity contribution < 1.29 is 24.0 Å². The van der Waals surface area contributed by atoms with Gasteiger partial charge < -0.3 is 4.74 Å². The molecule has 0 spiro atoms. The van der Waals surface area contributed by atoms with Gasteiger partial charge in [-0.15, -0.1) is 0 Å². The lowest BCUT2D eigenvalue weighted by Crippen LogP contribution is -2.27. The average Bonchev–Trinajstić information content (AvgIpc) is 3.07. The molecule has 2 amide bonds. The summed E-state index contributed by atoms with van der Waals surface area (Å²) in [5, 5.41) is 11.0. The Morgan fingerprint density at radius 2 is 1.79 bits per heavy atom. The summed E-state index contributed by atoms with van der Waals surface area (Å²) in [5.41, 5.74) is 0.828. The monoisotopic (exact) mass is 494 g/mol. The predicted molar refractivity (Wildman–Crippen MR) is 127 cm³/mol. The molecule has 0 aliphatic carbocycles. The van der Waals surface area contributed by atoms with Gasteiger partial charge in [0, 0.05) is 11.6 Å². The maximum atomic E-state index is 12.8. The number of hydrogen-bond acceptors (Lipinski definition) is 7. The summed E-state index contributed by atoms with van der Waals surface area (Å²) in [6.07, 6.45) is 1.50. The molecule has 1 fully saturated rings. The number of thioether (sulfide) groups is 1. The largest absolute Gasteiger partial charge is 0.423 e. The molecule has 3 aromatic rings. The van der Waals surface area contributed by atoms with Gasteiger partial charge >= 0.3 is 5.97 Å². The standard InChI is InChI=1S/C24H15ClN2O6S/c25-19-10-3-2-9-18(19)23(29)33-17-8-5-6-15(12-17)13-21-22(28)26(24(30)34-21)14-16-7-1-4-11-20(16)27(31)32/h1-13H,14H2/b21-13-. The first-order valence-electron chi connectivity index (χ1n) is 9.88. The number of carbonyl (C=O) groups excluding carboxylic acids is 3. The minimum atomic E-state index is -0.632. The van der Waals surface area contributed by atoms with Crippen LogP contribution in [0.3, 0.4) is 0 Å². The molecular weight excluding hydrogens is 480 g/mol. The molecule has 1 heterocycles. The highest BCUT2D eigenvalue weighted by Gasteiger charge is 2.36.